The molecule has 0 bridgehead atoms. The Morgan fingerprint density at radius 1 is 1.69 bits per heavy atom. The van der Waals surface area contributed by atoms with Crippen LogP contribution >= 0.6 is 0 Å². The minimum Gasteiger partial charge on any atom is -0.464 e. The van der Waals surface area contributed by atoms with Gasteiger partial charge in [-0.05, 0) is 5.92 Å². The first-order valence-corrected chi connectivity index (χ1v) is 4.67. The van der Waals surface area contributed by atoms with Crippen LogP contribution in [0.25, 0.3) is 0 Å². The van der Waals surface area contributed by atoms with Gasteiger partial charge in [0.1, 0.15) is 6.04 Å². The van der Waals surface area contributed by atoms with Gasteiger partial charge >= 0.3 is 5.97 Å². The van der Waals surface area contributed by atoms with Gasteiger partial charge in [-0.3, -0.25) is 4.79 Å². The molecule has 1 aliphatic rings. The van der Waals surface area contributed by atoms with Crippen LogP contribution in [0.1, 0.15) is 20.3 Å². The third kappa shape index (κ3) is 3.32. The molecule has 0 spiro atoms. The summed E-state index contributed by atoms with van der Waals surface area (Å²) < 4.78 is 5.02. The van der Waals surface area contributed by atoms with E-state index < -0.39 is 6.10 Å². The molecular formula is C9H17NO3. The van der Waals surface area contributed by atoms with E-state index in [1.165, 1.54) is 0 Å². The largest absolute Gasteiger partial charge is 0.464 e. The Morgan fingerprint density at radius 3 is 2.85 bits per heavy atom. The van der Waals surface area contributed by atoms with E-state index in [1.807, 2.05) is 13.8 Å². The Kier molecular flexibility index (Phi) is 3.69. The van der Waals surface area contributed by atoms with Crippen molar-refractivity contribution in [1.82, 2.24) is 5.32 Å². The van der Waals surface area contributed by atoms with Crippen molar-refractivity contribution in [1.29, 1.82) is 0 Å². The van der Waals surface area contributed by atoms with E-state index in [1.54, 1.807) is 0 Å². The van der Waals surface area contributed by atoms with Crippen LogP contribution in [0.4, 0.5) is 0 Å². The maximum atomic E-state index is 11.3. The number of aliphatic hydroxyl groups excluding tert-OH is 1. The fourth-order valence-corrected chi connectivity index (χ4v) is 1.25. The molecule has 0 radical (unpaired) electrons. The molecule has 0 aromatic heterocycles. The summed E-state index contributed by atoms with van der Waals surface area (Å²) in [5, 5.41) is 12.1. The molecule has 76 valence electrons. The summed E-state index contributed by atoms with van der Waals surface area (Å²) in [7, 11) is 0. The van der Waals surface area contributed by atoms with Crippen LogP contribution in [-0.2, 0) is 9.53 Å². The molecule has 13 heavy (non-hydrogen) atoms. The highest BCUT2D eigenvalue weighted by atomic mass is 16.5. The molecule has 0 aromatic carbocycles. The van der Waals surface area contributed by atoms with Gasteiger partial charge in [-0.1, -0.05) is 13.8 Å². The lowest BCUT2D eigenvalue weighted by Gasteiger charge is -2.11. The van der Waals surface area contributed by atoms with Crippen LogP contribution in [0, 0.1) is 5.92 Å². The molecule has 1 heterocycles. The Balaban J connectivity index is 2.24. The minimum absolute atomic E-state index is 0.245. The Labute approximate surface area is 78.3 Å². The quantitative estimate of drug-likeness (QED) is 0.606. The van der Waals surface area contributed by atoms with Crippen molar-refractivity contribution in [2.24, 2.45) is 5.92 Å². The molecule has 1 rings (SSSR count). The van der Waals surface area contributed by atoms with Gasteiger partial charge in [0.15, 0.2) is 0 Å². The van der Waals surface area contributed by atoms with Gasteiger partial charge < -0.3 is 15.2 Å². The number of esters is 1. The fourth-order valence-electron chi connectivity index (χ4n) is 1.25. The summed E-state index contributed by atoms with van der Waals surface area (Å²) in [6.07, 6.45) is 0.0632. The predicted molar refractivity (Wildman–Crippen MR) is 48.2 cm³/mol. The number of carbonyl (C=O) groups excluding carboxylic acids is 1. The normalized spacial score (nSPS) is 28.0. The maximum Gasteiger partial charge on any atom is 0.323 e. The molecule has 0 aliphatic carbocycles. The molecule has 0 saturated carbocycles. The lowest BCUT2D eigenvalue weighted by Crippen LogP contribution is -2.33. The highest BCUT2D eigenvalue weighted by Gasteiger charge is 2.29. The Morgan fingerprint density at radius 2 is 2.38 bits per heavy atom. The molecule has 4 heteroatoms. The Bertz CT molecular complexity index is 182. The van der Waals surface area contributed by atoms with E-state index in [0.717, 1.165) is 0 Å². The third-order valence-corrected chi connectivity index (χ3v) is 1.95. The van der Waals surface area contributed by atoms with Crippen LogP contribution in [0.15, 0.2) is 0 Å². The molecule has 4 nitrogen and oxygen atoms in total. The van der Waals surface area contributed by atoms with Crippen molar-refractivity contribution < 1.29 is 14.6 Å². The van der Waals surface area contributed by atoms with Crippen LogP contribution in [0.3, 0.4) is 0 Å². The summed E-state index contributed by atoms with van der Waals surface area (Å²) in [6, 6.07) is -0.311. The van der Waals surface area contributed by atoms with Crippen molar-refractivity contribution >= 4 is 5.97 Å². The summed E-state index contributed by atoms with van der Waals surface area (Å²) >= 11 is 0. The van der Waals surface area contributed by atoms with Gasteiger partial charge in [0.05, 0.1) is 12.7 Å². The van der Waals surface area contributed by atoms with E-state index in [9.17, 15) is 4.79 Å². The summed E-state index contributed by atoms with van der Waals surface area (Å²) in [4.78, 5) is 11.3. The number of aliphatic hydroxyl groups is 1. The number of hydrogen-bond donors (Lipinski definition) is 2. The second kappa shape index (κ2) is 4.58. The van der Waals surface area contributed by atoms with Crippen molar-refractivity contribution in [2.75, 3.05) is 13.2 Å². The number of ether oxygens (including phenoxy) is 1. The zero-order valence-electron chi connectivity index (χ0n) is 8.12. The number of carbonyl (C=O) groups is 1. The average Bonchev–Trinajstić information content (AvgIpc) is 2.47. The highest BCUT2D eigenvalue weighted by Crippen LogP contribution is 2.08. The molecule has 0 aromatic rings. The zero-order valence-corrected chi connectivity index (χ0v) is 8.12. The predicted octanol–water partition coefficient (Wildman–Crippen LogP) is -0.0916. The zero-order chi connectivity index (χ0) is 9.84. The van der Waals surface area contributed by atoms with Gasteiger partial charge in [0.2, 0.25) is 0 Å². The maximum absolute atomic E-state index is 11.3. The lowest BCUT2D eigenvalue weighted by molar-refractivity contribution is -0.147. The second-order valence-electron chi connectivity index (χ2n) is 3.87. The summed E-state index contributed by atoms with van der Waals surface area (Å²) in [6.45, 7) is 4.92. The molecule has 1 fully saturated rings. The van der Waals surface area contributed by atoms with Gasteiger partial charge in [0.25, 0.3) is 0 Å². The standard InChI is InChI=1S/C9H17NO3/c1-6(2)5-13-9(12)8-3-7(11)4-10-8/h6-8,10-11H,3-5H2,1-2H3/t7-,8+/m1/s1. The number of rotatable bonds is 3. The molecule has 1 aliphatic heterocycles. The van der Waals surface area contributed by atoms with E-state index in [4.69, 9.17) is 9.84 Å². The van der Waals surface area contributed by atoms with E-state index in [2.05, 4.69) is 5.32 Å². The Hall–Kier alpha value is -0.610. The van der Waals surface area contributed by atoms with E-state index >= 15 is 0 Å². The highest BCUT2D eigenvalue weighted by molar-refractivity contribution is 5.76. The van der Waals surface area contributed by atoms with E-state index in [-0.39, 0.29) is 12.0 Å². The molecular weight excluding hydrogens is 170 g/mol. The molecule has 0 unspecified atom stereocenters. The van der Waals surface area contributed by atoms with Gasteiger partial charge in [-0.15, -0.1) is 0 Å². The first-order chi connectivity index (χ1) is 6.09. The molecule has 1 saturated heterocycles. The molecule has 0 amide bonds. The molecule has 2 atom stereocenters. The summed E-state index contributed by atoms with van der Waals surface area (Å²) in [5.74, 6) is 0.112. The van der Waals surface area contributed by atoms with Crippen molar-refractivity contribution in [2.45, 2.75) is 32.4 Å². The van der Waals surface area contributed by atoms with Crippen molar-refractivity contribution in [3.05, 3.63) is 0 Å². The smallest absolute Gasteiger partial charge is 0.323 e. The van der Waals surface area contributed by atoms with Crippen LogP contribution in [-0.4, -0.2) is 36.4 Å². The number of β-amino-alcohol motifs (C(OH)–C–C–N with tert-alkyl or cyclic N) is 1. The van der Waals surface area contributed by atoms with Crippen LogP contribution < -0.4 is 5.32 Å². The molecule has 2 N–H and O–H groups in total. The first-order valence-electron chi connectivity index (χ1n) is 4.67. The second-order valence-corrected chi connectivity index (χ2v) is 3.87. The third-order valence-electron chi connectivity index (χ3n) is 1.95. The summed E-state index contributed by atoms with van der Waals surface area (Å²) in [5.41, 5.74) is 0. The minimum atomic E-state index is -0.406. The van der Waals surface area contributed by atoms with Crippen molar-refractivity contribution in [3.8, 4) is 0 Å². The number of hydrogen-bond acceptors (Lipinski definition) is 4. The first kappa shape index (κ1) is 10.5. The SMILES string of the molecule is CC(C)COC(=O)[C@@H]1C[C@@H](O)CN1. The van der Waals surface area contributed by atoms with Gasteiger partial charge in [0, 0.05) is 13.0 Å². The van der Waals surface area contributed by atoms with Crippen molar-refractivity contribution in [3.63, 3.8) is 0 Å². The lowest BCUT2D eigenvalue weighted by atomic mass is 10.2. The monoisotopic (exact) mass is 187 g/mol. The fraction of sp³-hybridized carbons (Fsp3) is 0.889. The van der Waals surface area contributed by atoms with Gasteiger partial charge in [-0.2, -0.15) is 0 Å². The average molecular weight is 187 g/mol. The van der Waals surface area contributed by atoms with Crippen LogP contribution in [0.2, 0.25) is 0 Å². The topological polar surface area (TPSA) is 58.6 Å². The number of nitrogens with one attached hydrogen (secondary N) is 1. The van der Waals surface area contributed by atoms with E-state index in [0.29, 0.717) is 25.5 Å². The van der Waals surface area contributed by atoms with Gasteiger partial charge in [-0.25, -0.2) is 0 Å². The van der Waals surface area contributed by atoms with Crippen LogP contribution in [0.5, 0.6) is 0 Å².